The molecule has 0 bridgehead atoms. The number of likely N-dealkylation sites (tertiary alicyclic amines) is 1. The van der Waals surface area contributed by atoms with Gasteiger partial charge in [0.15, 0.2) is 0 Å². The molecule has 0 radical (unpaired) electrons. The van der Waals surface area contributed by atoms with Gasteiger partial charge in [-0.05, 0) is 37.0 Å². The molecule has 2 heteroatoms. The van der Waals surface area contributed by atoms with Gasteiger partial charge >= 0.3 is 0 Å². The van der Waals surface area contributed by atoms with E-state index in [1.54, 1.807) is 0 Å². The van der Waals surface area contributed by atoms with Gasteiger partial charge in [-0.3, -0.25) is 0 Å². The van der Waals surface area contributed by atoms with Crippen LogP contribution in [0.25, 0.3) is 0 Å². The molecular formula is C17H34N2. The van der Waals surface area contributed by atoms with Gasteiger partial charge < -0.3 is 10.2 Å². The number of nitrogens with zero attached hydrogens (tertiary/aromatic N) is 1. The van der Waals surface area contributed by atoms with Crippen molar-refractivity contribution < 1.29 is 0 Å². The highest BCUT2D eigenvalue weighted by molar-refractivity contribution is 4.88. The van der Waals surface area contributed by atoms with Gasteiger partial charge in [-0.2, -0.15) is 0 Å². The lowest BCUT2D eigenvalue weighted by molar-refractivity contribution is 0.101. The van der Waals surface area contributed by atoms with Crippen molar-refractivity contribution in [3.05, 3.63) is 0 Å². The van der Waals surface area contributed by atoms with E-state index in [1.807, 2.05) is 0 Å². The summed E-state index contributed by atoms with van der Waals surface area (Å²) in [6.45, 7) is 13.4. The largest absolute Gasteiger partial charge is 0.310 e. The van der Waals surface area contributed by atoms with Crippen molar-refractivity contribution in [2.24, 2.45) is 17.8 Å². The van der Waals surface area contributed by atoms with Crippen LogP contribution in [0, 0.1) is 17.8 Å². The number of rotatable bonds is 5. The van der Waals surface area contributed by atoms with Gasteiger partial charge in [0, 0.05) is 31.7 Å². The van der Waals surface area contributed by atoms with E-state index in [2.05, 4.69) is 37.9 Å². The third-order valence-corrected chi connectivity index (χ3v) is 4.95. The van der Waals surface area contributed by atoms with Crippen LogP contribution in [0.1, 0.15) is 59.8 Å². The fourth-order valence-corrected chi connectivity index (χ4v) is 3.93. The minimum atomic E-state index is 0.739. The standard InChI is InChI=1S/C17H34N2/c1-13(2)10-19-11-15(14(3)4)9-17(12-19)18-16-7-5-6-8-16/h13-18H,5-12H2,1-4H3. The Kier molecular flexibility index (Phi) is 5.70. The average molecular weight is 266 g/mol. The summed E-state index contributed by atoms with van der Waals surface area (Å²) >= 11 is 0. The maximum atomic E-state index is 3.96. The van der Waals surface area contributed by atoms with Crippen LogP contribution in [0.3, 0.4) is 0 Å². The van der Waals surface area contributed by atoms with Crippen molar-refractivity contribution in [2.45, 2.75) is 71.9 Å². The Morgan fingerprint density at radius 3 is 2.26 bits per heavy atom. The van der Waals surface area contributed by atoms with E-state index >= 15 is 0 Å². The zero-order valence-corrected chi connectivity index (χ0v) is 13.5. The molecule has 1 saturated carbocycles. The third kappa shape index (κ3) is 4.75. The van der Waals surface area contributed by atoms with Crippen LogP contribution in [0.5, 0.6) is 0 Å². The molecule has 2 unspecified atom stereocenters. The zero-order chi connectivity index (χ0) is 13.8. The van der Waals surface area contributed by atoms with Crippen LogP contribution < -0.4 is 5.32 Å². The van der Waals surface area contributed by atoms with Crippen molar-refractivity contribution in [2.75, 3.05) is 19.6 Å². The van der Waals surface area contributed by atoms with E-state index < -0.39 is 0 Å². The van der Waals surface area contributed by atoms with Crippen LogP contribution in [-0.4, -0.2) is 36.6 Å². The first kappa shape index (κ1) is 15.3. The first-order valence-electron chi connectivity index (χ1n) is 8.53. The highest BCUT2D eigenvalue weighted by Gasteiger charge is 2.30. The second-order valence-electron chi connectivity index (χ2n) is 7.70. The Hall–Kier alpha value is -0.0800. The summed E-state index contributed by atoms with van der Waals surface area (Å²) in [5.74, 6) is 2.49. The molecule has 1 aliphatic carbocycles. The Labute approximate surface area is 120 Å². The molecule has 0 amide bonds. The number of piperidine rings is 1. The molecule has 2 nitrogen and oxygen atoms in total. The summed E-state index contributed by atoms with van der Waals surface area (Å²) in [5.41, 5.74) is 0. The van der Waals surface area contributed by atoms with Gasteiger partial charge in [0.05, 0.1) is 0 Å². The van der Waals surface area contributed by atoms with Gasteiger partial charge in [0.25, 0.3) is 0 Å². The molecule has 112 valence electrons. The predicted octanol–water partition coefficient (Wildman–Crippen LogP) is 3.52. The van der Waals surface area contributed by atoms with Crippen molar-refractivity contribution in [3.63, 3.8) is 0 Å². The smallest absolute Gasteiger partial charge is 0.0200 e. The second-order valence-corrected chi connectivity index (χ2v) is 7.70. The van der Waals surface area contributed by atoms with Crippen molar-refractivity contribution in [1.29, 1.82) is 0 Å². The van der Waals surface area contributed by atoms with E-state index in [9.17, 15) is 0 Å². The molecular weight excluding hydrogens is 232 g/mol. The highest BCUT2D eigenvalue weighted by atomic mass is 15.2. The summed E-state index contributed by atoms with van der Waals surface area (Å²) in [6, 6.07) is 1.56. The summed E-state index contributed by atoms with van der Waals surface area (Å²) in [5, 5.41) is 3.96. The molecule has 2 aliphatic rings. The van der Waals surface area contributed by atoms with Crippen molar-refractivity contribution in [3.8, 4) is 0 Å². The van der Waals surface area contributed by atoms with Crippen LogP contribution in [0.2, 0.25) is 0 Å². The molecule has 1 heterocycles. The summed E-state index contributed by atoms with van der Waals surface area (Å²) in [7, 11) is 0. The molecule has 19 heavy (non-hydrogen) atoms. The lowest BCUT2D eigenvalue weighted by Gasteiger charge is -2.41. The highest BCUT2D eigenvalue weighted by Crippen LogP contribution is 2.26. The van der Waals surface area contributed by atoms with E-state index in [4.69, 9.17) is 0 Å². The molecule has 1 saturated heterocycles. The topological polar surface area (TPSA) is 15.3 Å². The second kappa shape index (κ2) is 7.08. The summed E-state index contributed by atoms with van der Waals surface area (Å²) < 4.78 is 0. The zero-order valence-electron chi connectivity index (χ0n) is 13.5. The van der Waals surface area contributed by atoms with Gasteiger partial charge in [0.1, 0.15) is 0 Å². The number of nitrogens with one attached hydrogen (secondary N) is 1. The number of hydrogen-bond donors (Lipinski definition) is 1. The Bertz CT molecular complexity index is 254. The molecule has 0 spiro atoms. The van der Waals surface area contributed by atoms with Crippen LogP contribution >= 0.6 is 0 Å². The van der Waals surface area contributed by atoms with E-state index in [1.165, 1.54) is 51.7 Å². The third-order valence-electron chi connectivity index (χ3n) is 4.95. The van der Waals surface area contributed by atoms with Crippen LogP contribution in [0.15, 0.2) is 0 Å². The SMILES string of the molecule is CC(C)CN1CC(NC2CCCC2)CC(C(C)C)C1. The molecule has 2 rings (SSSR count). The van der Waals surface area contributed by atoms with E-state index in [0.717, 1.165) is 29.8 Å². The maximum Gasteiger partial charge on any atom is 0.0200 e. The fraction of sp³-hybridized carbons (Fsp3) is 1.00. The molecule has 1 N–H and O–H groups in total. The first-order valence-corrected chi connectivity index (χ1v) is 8.53. The Morgan fingerprint density at radius 2 is 1.68 bits per heavy atom. The van der Waals surface area contributed by atoms with Gasteiger partial charge in [0.2, 0.25) is 0 Å². The first-order chi connectivity index (χ1) is 9.04. The van der Waals surface area contributed by atoms with Crippen molar-refractivity contribution >= 4 is 0 Å². The molecule has 1 aliphatic heterocycles. The number of hydrogen-bond acceptors (Lipinski definition) is 2. The summed E-state index contributed by atoms with van der Waals surface area (Å²) in [4.78, 5) is 2.71. The van der Waals surface area contributed by atoms with Crippen LogP contribution in [0.4, 0.5) is 0 Å². The fourth-order valence-electron chi connectivity index (χ4n) is 3.93. The van der Waals surface area contributed by atoms with Crippen molar-refractivity contribution in [1.82, 2.24) is 10.2 Å². The lowest BCUT2D eigenvalue weighted by atomic mass is 9.85. The molecule has 2 fully saturated rings. The Balaban J connectivity index is 1.89. The molecule has 0 aromatic carbocycles. The van der Waals surface area contributed by atoms with Gasteiger partial charge in [-0.25, -0.2) is 0 Å². The molecule has 0 aromatic heterocycles. The average Bonchev–Trinajstić information content (AvgIpc) is 2.80. The lowest BCUT2D eigenvalue weighted by Crippen LogP contribution is -2.53. The minimum absolute atomic E-state index is 0.739. The molecule has 2 atom stereocenters. The Morgan fingerprint density at radius 1 is 1.00 bits per heavy atom. The minimum Gasteiger partial charge on any atom is -0.310 e. The monoisotopic (exact) mass is 266 g/mol. The van der Waals surface area contributed by atoms with E-state index in [0.29, 0.717) is 0 Å². The molecule has 0 aromatic rings. The normalized spacial score (nSPS) is 30.6. The summed E-state index contributed by atoms with van der Waals surface area (Å²) in [6.07, 6.45) is 7.09. The van der Waals surface area contributed by atoms with E-state index in [-0.39, 0.29) is 0 Å². The quantitative estimate of drug-likeness (QED) is 0.819. The van der Waals surface area contributed by atoms with Gasteiger partial charge in [-0.15, -0.1) is 0 Å². The maximum absolute atomic E-state index is 3.96. The van der Waals surface area contributed by atoms with Crippen LogP contribution in [-0.2, 0) is 0 Å². The predicted molar refractivity (Wildman–Crippen MR) is 83.4 cm³/mol. The van der Waals surface area contributed by atoms with Gasteiger partial charge in [-0.1, -0.05) is 40.5 Å².